The number of benzene rings is 1. The van der Waals surface area contributed by atoms with Crippen LogP contribution >= 0.6 is 0 Å². The molecule has 2 N–H and O–H groups in total. The molecular weight excluding hydrogens is 350 g/mol. The normalized spacial score (nSPS) is 22.7. The van der Waals surface area contributed by atoms with Crippen molar-refractivity contribution in [2.24, 2.45) is 11.7 Å². The van der Waals surface area contributed by atoms with Crippen LogP contribution in [0.15, 0.2) is 30.3 Å². The fourth-order valence-corrected chi connectivity index (χ4v) is 4.83. The predicted molar refractivity (Wildman–Crippen MR) is 109 cm³/mol. The molecule has 2 amide bonds. The van der Waals surface area contributed by atoms with Crippen LogP contribution in [0.3, 0.4) is 0 Å². The van der Waals surface area contributed by atoms with Gasteiger partial charge in [-0.1, -0.05) is 49.6 Å². The molecule has 0 aromatic heterocycles. The number of piperidine rings is 1. The van der Waals surface area contributed by atoms with Crippen LogP contribution < -0.4 is 5.73 Å². The van der Waals surface area contributed by atoms with Crippen molar-refractivity contribution in [3.63, 3.8) is 0 Å². The van der Waals surface area contributed by atoms with Gasteiger partial charge in [-0.05, 0) is 44.1 Å². The van der Waals surface area contributed by atoms with Gasteiger partial charge in [-0.25, -0.2) is 0 Å². The van der Waals surface area contributed by atoms with Crippen LogP contribution in [-0.4, -0.2) is 46.3 Å². The Morgan fingerprint density at radius 1 is 1.00 bits per heavy atom. The third-order valence-electron chi connectivity index (χ3n) is 6.77. The first-order valence-corrected chi connectivity index (χ1v) is 11.0. The molecule has 2 aliphatic carbocycles. The van der Waals surface area contributed by atoms with Crippen molar-refractivity contribution in [2.75, 3.05) is 13.1 Å². The minimum absolute atomic E-state index is 0.0356. The van der Waals surface area contributed by atoms with Crippen molar-refractivity contribution in [1.29, 1.82) is 0 Å². The Labute approximate surface area is 168 Å². The molecule has 0 spiro atoms. The second-order valence-electron chi connectivity index (χ2n) is 8.97. The molecule has 1 heterocycles. The molecular formula is C23H33N3O2. The summed E-state index contributed by atoms with van der Waals surface area (Å²) in [7, 11) is 0. The van der Waals surface area contributed by atoms with Gasteiger partial charge in [0.2, 0.25) is 11.8 Å². The smallest absolute Gasteiger partial charge is 0.242 e. The van der Waals surface area contributed by atoms with Gasteiger partial charge in [-0.2, -0.15) is 0 Å². The highest BCUT2D eigenvalue weighted by atomic mass is 16.2. The quantitative estimate of drug-likeness (QED) is 0.850. The summed E-state index contributed by atoms with van der Waals surface area (Å²) in [6.45, 7) is 2.03. The average Bonchev–Trinajstić information content (AvgIpc) is 3.58. The molecule has 3 aliphatic rings. The molecule has 1 aliphatic heterocycles. The van der Waals surface area contributed by atoms with Crippen molar-refractivity contribution in [3.8, 4) is 0 Å². The molecule has 28 heavy (non-hydrogen) atoms. The van der Waals surface area contributed by atoms with E-state index in [0.717, 1.165) is 51.4 Å². The van der Waals surface area contributed by atoms with E-state index in [9.17, 15) is 9.59 Å². The molecule has 152 valence electrons. The molecule has 3 fully saturated rings. The Morgan fingerprint density at radius 3 is 2.25 bits per heavy atom. The van der Waals surface area contributed by atoms with Crippen LogP contribution in [0, 0.1) is 5.92 Å². The first-order chi connectivity index (χ1) is 13.6. The van der Waals surface area contributed by atoms with Gasteiger partial charge in [0.25, 0.3) is 0 Å². The molecule has 5 heteroatoms. The van der Waals surface area contributed by atoms with E-state index < -0.39 is 5.54 Å². The summed E-state index contributed by atoms with van der Waals surface area (Å²) in [4.78, 5) is 30.2. The molecule has 1 aromatic carbocycles. The molecule has 2 saturated carbocycles. The lowest BCUT2D eigenvalue weighted by Gasteiger charge is -2.40. The third-order valence-corrected chi connectivity index (χ3v) is 6.77. The van der Waals surface area contributed by atoms with Crippen LogP contribution in [0.4, 0.5) is 0 Å². The van der Waals surface area contributed by atoms with Crippen molar-refractivity contribution in [2.45, 2.75) is 75.9 Å². The topological polar surface area (TPSA) is 66.6 Å². The van der Waals surface area contributed by atoms with Gasteiger partial charge in [0, 0.05) is 31.6 Å². The van der Waals surface area contributed by atoms with Gasteiger partial charge < -0.3 is 15.5 Å². The lowest BCUT2D eigenvalue weighted by molar-refractivity contribution is -0.144. The van der Waals surface area contributed by atoms with Crippen molar-refractivity contribution >= 4 is 11.8 Å². The van der Waals surface area contributed by atoms with E-state index in [4.69, 9.17) is 5.73 Å². The van der Waals surface area contributed by atoms with Crippen LogP contribution in [0.1, 0.15) is 63.4 Å². The summed E-state index contributed by atoms with van der Waals surface area (Å²) in [5.74, 6) is 0.424. The Hall–Kier alpha value is -1.88. The summed E-state index contributed by atoms with van der Waals surface area (Å²) in [6.07, 6.45) is 8.64. The van der Waals surface area contributed by atoms with Gasteiger partial charge in [-0.15, -0.1) is 0 Å². The maximum atomic E-state index is 13.2. The van der Waals surface area contributed by atoms with Crippen molar-refractivity contribution < 1.29 is 9.59 Å². The lowest BCUT2D eigenvalue weighted by atomic mass is 9.81. The summed E-state index contributed by atoms with van der Waals surface area (Å²) < 4.78 is 0. The number of hydrogen-bond acceptors (Lipinski definition) is 3. The van der Waals surface area contributed by atoms with Crippen LogP contribution in [0.5, 0.6) is 0 Å². The average molecular weight is 384 g/mol. The fourth-order valence-electron chi connectivity index (χ4n) is 4.83. The number of carbonyl (C=O) groups is 2. The number of rotatable bonds is 5. The summed E-state index contributed by atoms with van der Waals surface area (Å²) in [5.41, 5.74) is 6.97. The Morgan fingerprint density at radius 2 is 1.64 bits per heavy atom. The molecule has 0 unspecified atom stereocenters. The first-order valence-electron chi connectivity index (χ1n) is 11.0. The van der Waals surface area contributed by atoms with E-state index >= 15 is 0 Å². The third kappa shape index (κ3) is 4.24. The number of amides is 2. The highest BCUT2D eigenvalue weighted by molar-refractivity contribution is 5.87. The highest BCUT2D eigenvalue weighted by Gasteiger charge is 2.41. The largest absolute Gasteiger partial charge is 0.341 e. The zero-order valence-corrected chi connectivity index (χ0v) is 16.8. The predicted octanol–water partition coefficient (Wildman–Crippen LogP) is 3.08. The van der Waals surface area contributed by atoms with E-state index in [1.54, 1.807) is 0 Å². The number of nitrogens with zero attached hydrogens (tertiary/aromatic N) is 2. The lowest BCUT2D eigenvalue weighted by Crippen LogP contribution is -2.58. The minimum atomic E-state index is -0.664. The van der Waals surface area contributed by atoms with E-state index in [1.165, 1.54) is 12.0 Å². The second kappa shape index (κ2) is 8.24. The SMILES string of the molecule is NC1(C(=O)N2CCC(C(=O)N(Cc3ccccc3)C3CC3)CC2)CCCCC1. The highest BCUT2D eigenvalue weighted by Crippen LogP contribution is 2.33. The van der Waals surface area contributed by atoms with E-state index in [0.29, 0.717) is 25.7 Å². The Bertz CT molecular complexity index is 687. The molecule has 5 nitrogen and oxygen atoms in total. The maximum absolute atomic E-state index is 13.2. The van der Waals surface area contributed by atoms with Gasteiger partial charge in [0.05, 0.1) is 5.54 Å². The van der Waals surface area contributed by atoms with Crippen molar-refractivity contribution in [1.82, 2.24) is 9.80 Å². The maximum Gasteiger partial charge on any atom is 0.242 e. The van der Waals surface area contributed by atoms with Gasteiger partial charge in [0.1, 0.15) is 0 Å². The Balaban J connectivity index is 1.34. The van der Waals surface area contributed by atoms with E-state index in [-0.39, 0.29) is 17.7 Å². The van der Waals surface area contributed by atoms with Crippen molar-refractivity contribution in [3.05, 3.63) is 35.9 Å². The molecule has 0 radical (unpaired) electrons. The summed E-state index contributed by atoms with van der Waals surface area (Å²) in [6, 6.07) is 10.7. The fraction of sp³-hybridized carbons (Fsp3) is 0.652. The summed E-state index contributed by atoms with van der Waals surface area (Å²) >= 11 is 0. The number of nitrogens with two attached hydrogens (primary N) is 1. The second-order valence-corrected chi connectivity index (χ2v) is 8.97. The number of likely N-dealkylation sites (tertiary alicyclic amines) is 1. The van der Waals surface area contributed by atoms with E-state index in [2.05, 4.69) is 17.0 Å². The monoisotopic (exact) mass is 383 g/mol. The first kappa shape index (κ1) is 19.4. The Kier molecular flexibility index (Phi) is 5.72. The van der Waals surface area contributed by atoms with E-state index in [1.807, 2.05) is 23.1 Å². The van der Waals surface area contributed by atoms with Crippen LogP contribution in [0.25, 0.3) is 0 Å². The van der Waals surface area contributed by atoms with Gasteiger partial charge in [0.15, 0.2) is 0 Å². The zero-order chi connectivity index (χ0) is 19.6. The molecule has 1 aromatic rings. The molecule has 0 bridgehead atoms. The molecule has 1 saturated heterocycles. The molecule has 0 atom stereocenters. The standard InChI is InChI=1S/C23H33N3O2/c24-23(13-5-2-6-14-23)22(28)25-15-11-19(12-16-25)21(27)26(20-9-10-20)17-18-7-3-1-4-8-18/h1,3-4,7-8,19-20H,2,5-6,9-17,24H2. The van der Waals surface area contributed by atoms with Crippen LogP contribution in [0.2, 0.25) is 0 Å². The van der Waals surface area contributed by atoms with Gasteiger partial charge >= 0.3 is 0 Å². The minimum Gasteiger partial charge on any atom is -0.341 e. The number of carbonyl (C=O) groups excluding carboxylic acids is 2. The van der Waals surface area contributed by atoms with Gasteiger partial charge in [-0.3, -0.25) is 9.59 Å². The number of hydrogen-bond donors (Lipinski definition) is 1. The summed E-state index contributed by atoms with van der Waals surface area (Å²) in [5, 5.41) is 0. The zero-order valence-electron chi connectivity index (χ0n) is 16.8. The van der Waals surface area contributed by atoms with Crippen LogP contribution in [-0.2, 0) is 16.1 Å². The molecule has 4 rings (SSSR count).